The van der Waals surface area contributed by atoms with Crippen molar-refractivity contribution >= 4 is 44.8 Å². The van der Waals surface area contributed by atoms with E-state index in [4.69, 9.17) is 17.3 Å². The number of hydrogen-bond acceptors (Lipinski definition) is 2. The van der Waals surface area contributed by atoms with Gasteiger partial charge < -0.3 is 10.6 Å². The highest BCUT2D eigenvalue weighted by atomic mass is 79.9. The standard InChI is InChI=1S/C15H14BrClN2O/c1-2-19(12-6-4-11(18)5-7-12)15(20)10-3-8-13(16)14(17)9-10/h3-9H,2,18H2,1H3. The van der Waals surface area contributed by atoms with Crippen LogP contribution in [0.5, 0.6) is 0 Å². The van der Waals surface area contributed by atoms with Gasteiger partial charge >= 0.3 is 0 Å². The summed E-state index contributed by atoms with van der Waals surface area (Å²) in [6.07, 6.45) is 0. The Kier molecular flexibility index (Phi) is 4.68. The molecule has 0 saturated heterocycles. The summed E-state index contributed by atoms with van der Waals surface area (Å²) in [4.78, 5) is 14.2. The van der Waals surface area contributed by atoms with Gasteiger partial charge in [0.25, 0.3) is 5.91 Å². The lowest BCUT2D eigenvalue weighted by atomic mass is 10.1. The predicted molar refractivity (Wildman–Crippen MR) is 87.4 cm³/mol. The van der Waals surface area contributed by atoms with Crippen LogP contribution in [-0.4, -0.2) is 12.5 Å². The number of hydrogen-bond donors (Lipinski definition) is 1. The van der Waals surface area contributed by atoms with E-state index < -0.39 is 0 Å². The van der Waals surface area contributed by atoms with Crippen molar-refractivity contribution in [1.29, 1.82) is 0 Å². The molecule has 0 radical (unpaired) electrons. The first-order chi connectivity index (χ1) is 9.52. The number of nitrogens with two attached hydrogens (primary N) is 1. The summed E-state index contributed by atoms with van der Waals surface area (Å²) in [6, 6.07) is 12.4. The van der Waals surface area contributed by atoms with Gasteiger partial charge in [-0.3, -0.25) is 4.79 Å². The first-order valence-electron chi connectivity index (χ1n) is 6.15. The van der Waals surface area contributed by atoms with Crippen LogP contribution in [0.1, 0.15) is 17.3 Å². The Morgan fingerprint density at radius 2 is 1.90 bits per heavy atom. The topological polar surface area (TPSA) is 46.3 Å². The molecule has 0 spiro atoms. The molecule has 2 N–H and O–H groups in total. The lowest BCUT2D eigenvalue weighted by Crippen LogP contribution is -2.30. The van der Waals surface area contributed by atoms with Gasteiger partial charge in [-0.25, -0.2) is 0 Å². The molecule has 0 aliphatic carbocycles. The summed E-state index contributed by atoms with van der Waals surface area (Å²) in [5.41, 5.74) is 7.70. The molecule has 0 aliphatic rings. The highest BCUT2D eigenvalue weighted by Gasteiger charge is 2.16. The summed E-state index contributed by atoms with van der Waals surface area (Å²) in [5.74, 6) is -0.0910. The Bertz CT molecular complexity index is 628. The van der Waals surface area contributed by atoms with Crippen molar-refractivity contribution in [3.8, 4) is 0 Å². The summed E-state index contributed by atoms with van der Waals surface area (Å²) < 4.78 is 0.770. The van der Waals surface area contributed by atoms with Crippen LogP contribution in [0.2, 0.25) is 5.02 Å². The molecule has 2 aromatic rings. The first-order valence-corrected chi connectivity index (χ1v) is 7.32. The maximum atomic E-state index is 12.5. The Hall–Kier alpha value is -1.52. The van der Waals surface area contributed by atoms with Crippen LogP contribution < -0.4 is 10.6 Å². The summed E-state index contributed by atoms with van der Waals surface area (Å²) in [5, 5.41) is 0.518. The highest BCUT2D eigenvalue weighted by Crippen LogP contribution is 2.25. The van der Waals surface area contributed by atoms with Crippen molar-refractivity contribution in [1.82, 2.24) is 0 Å². The zero-order valence-corrected chi connectivity index (χ0v) is 13.3. The first kappa shape index (κ1) is 14.9. The molecule has 2 rings (SSSR count). The second kappa shape index (κ2) is 6.29. The number of carbonyl (C=O) groups is 1. The third-order valence-electron chi connectivity index (χ3n) is 2.93. The van der Waals surface area contributed by atoms with Gasteiger partial charge in [-0.2, -0.15) is 0 Å². The highest BCUT2D eigenvalue weighted by molar-refractivity contribution is 9.10. The summed E-state index contributed by atoms with van der Waals surface area (Å²) in [7, 11) is 0. The zero-order valence-electron chi connectivity index (χ0n) is 10.9. The number of halogens is 2. The van der Waals surface area contributed by atoms with Gasteiger partial charge in [0.1, 0.15) is 0 Å². The molecule has 0 unspecified atom stereocenters. The quantitative estimate of drug-likeness (QED) is 0.834. The van der Waals surface area contributed by atoms with Crippen LogP contribution in [0.25, 0.3) is 0 Å². The van der Waals surface area contributed by atoms with Crippen LogP contribution in [-0.2, 0) is 0 Å². The third kappa shape index (κ3) is 3.14. The molecule has 0 atom stereocenters. The molecule has 0 fully saturated rings. The molecule has 0 aliphatic heterocycles. The van der Waals surface area contributed by atoms with Crippen LogP contribution in [0.15, 0.2) is 46.9 Å². The molecule has 20 heavy (non-hydrogen) atoms. The van der Waals surface area contributed by atoms with Gasteiger partial charge in [-0.15, -0.1) is 0 Å². The van der Waals surface area contributed by atoms with E-state index in [1.54, 1.807) is 35.2 Å². The number of benzene rings is 2. The average Bonchev–Trinajstić information content (AvgIpc) is 2.44. The van der Waals surface area contributed by atoms with E-state index in [1.807, 2.05) is 19.1 Å². The van der Waals surface area contributed by atoms with Crippen LogP contribution in [0.3, 0.4) is 0 Å². The number of rotatable bonds is 3. The van der Waals surface area contributed by atoms with E-state index in [0.717, 1.165) is 10.2 Å². The van der Waals surface area contributed by atoms with Crippen molar-refractivity contribution in [2.45, 2.75) is 6.92 Å². The van der Waals surface area contributed by atoms with Crippen molar-refractivity contribution in [3.63, 3.8) is 0 Å². The van der Waals surface area contributed by atoms with Gasteiger partial charge in [0.2, 0.25) is 0 Å². The Morgan fingerprint density at radius 1 is 1.25 bits per heavy atom. The SMILES string of the molecule is CCN(C(=O)c1ccc(Br)c(Cl)c1)c1ccc(N)cc1. The molecular weight excluding hydrogens is 340 g/mol. The largest absolute Gasteiger partial charge is 0.399 e. The Morgan fingerprint density at radius 3 is 2.45 bits per heavy atom. The number of amides is 1. The van der Waals surface area contributed by atoms with E-state index in [-0.39, 0.29) is 5.91 Å². The molecule has 3 nitrogen and oxygen atoms in total. The fourth-order valence-electron chi connectivity index (χ4n) is 1.88. The van der Waals surface area contributed by atoms with Crippen LogP contribution >= 0.6 is 27.5 Å². The molecule has 0 heterocycles. The van der Waals surface area contributed by atoms with Crippen LogP contribution in [0, 0.1) is 0 Å². The predicted octanol–water partition coefficient (Wildman–Crippen LogP) is 4.35. The molecule has 2 aromatic carbocycles. The van der Waals surface area contributed by atoms with E-state index >= 15 is 0 Å². The van der Waals surface area contributed by atoms with E-state index in [0.29, 0.717) is 22.8 Å². The van der Waals surface area contributed by atoms with Crippen molar-refractivity contribution in [2.75, 3.05) is 17.2 Å². The lowest BCUT2D eigenvalue weighted by Gasteiger charge is -2.21. The monoisotopic (exact) mass is 352 g/mol. The third-order valence-corrected chi connectivity index (χ3v) is 4.17. The molecule has 1 amide bonds. The zero-order chi connectivity index (χ0) is 14.7. The van der Waals surface area contributed by atoms with Gasteiger partial charge in [0.15, 0.2) is 0 Å². The average molecular weight is 354 g/mol. The summed E-state index contributed by atoms with van der Waals surface area (Å²) >= 11 is 9.35. The molecule has 0 bridgehead atoms. The van der Waals surface area contributed by atoms with Crippen molar-refractivity contribution in [3.05, 3.63) is 57.5 Å². The maximum absolute atomic E-state index is 12.5. The number of carbonyl (C=O) groups excluding carboxylic acids is 1. The van der Waals surface area contributed by atoms with Gasteiger partial charge in [0.05, 0.1) is 5.02 Å². The fourth-order valence-corrected chi connectivity index (χ4v) is 2.31. The Labute approximate surface area is 131 Å². The molecule has 0 saturated carbocycles. The molecule has 5 heteroatoms. The van der Waals surface area contributed by atoms with Gasteiger partial charge in [-0.05, 0) is 65.3 Å². The van der Waals surface area contributed by atoms with E-state index in [1.165, 1.54) is 0 Å². The van der Waals surface area contributed by atoms with Crippen molar-refractivity contribution in [2.24, 2.45) is 0 Å². The number of nitrogens with zero attached hydrogens (tertiary/aromatic N) is 1. The molecule has 0 aromatic heterocycles. The summed E-state index contributed by atoms with van der Waals surface area (Å²) in [6.45, 7) is 2.49. The van der Waals surface area contributed by atoms with Crippen molar-refractivity contribution < 1.29 is 4.79 Å². The minimum Gasteiger partial charge on any atom is -0.399 e. The normalized spacial score (nSPS) is 10.3. The fraction of sp³-hybridized carbons (Fsp3) is 0.133. The smallest absolute Gasteiger partial charge is 0.258 e. The lowest BCUT2D eigenvalue weighted by molar-refractivity contribution is 0.0988. The number of nitrogen functional groups attached to an aromatic ring is 1. The van der Waals surface area contributed by atoms with Gasteiger partial charge in [0, 0.05) is 28.0 Å². The minimum atomic E-state index is -0.0910. The second-order valence-corrected chi connectivity index (χ2v) is 5.53. The Balaban J connectivity index is 2.33. The van der Waals surface area contributed by atoms with E-state index in [9.17, 15) is 4.79 Å². The molecule has 104 valence electrons. The maximum Gasteiger partial charge on any atom is 0.258 e. The number of anilines is 2. The van der Waals surface area contributed by atoms with Crippen LogP contribution in [0.4, 0.5) is 11.4 Å². The second-order valence-electron chi connectivity index (χ2n) is 4.27. The minimum absolute atomic E-state index is 0.0910. The van der Waals surface area contributed by atoms with Gasteiger partial charge in [-0.1, -0.05) is 11.6 Å². The van der Waals surface area contributed by atoms with E-state index in [2.05, 4.69) is 15.9 Å². The molecular formula is C15H14BrClN2O.